The van der Waals surface area contributed by atoms with Gasteiger partial charge in [-0.3, -0.25) is 0 Å². The number of fused-ring (bicyclic) bond motifs is 20. The van der Waals surface area contributed by atoms with Gasteiger partial charge in [0, 0.05) is 33.0 Å². The Morgan fingerprint density at radius 1 is 0.488 bits per heavy atom. The van der Waals surface area contributed by atoms with Gasteiger partial charge in [0.2, 0.25) is 11.3 Å². The first-order valence-corrected chi connectivity index (χ1v) is 13.5. The molecule has 5 heterocycles. The van der Waals surface area contributed by atoms with Gasteiger partial charge < -0.3 is 4.98 Å². The zero-order valence-corrected chi connectivity index (χ0v) is 22.2. The van der Waals surface area contributed by atoms with Crippen LogP contribution in [0.4, 0.5) is 0 Å². The van der Waals surface area contributed by atoms with E-state index >= 15 is 0 Å². The van der Waals surface area contributed by atoms with Crippen molar-refractivity contribution < 1.29 is 0 Å². The Kier molecular flexibility index (Phi) is 4.75. The summed E-state index contributed by atoms with van der Waals surface area (Å²) in [6.45, 7) is 0. The number of nitrogens with one attached hydrogen (secondary N) is 1. The highest BCUT2D eigenvalue weighted by molar-refractivity contribution is 6.06. The van der Waals surface area contributed by atoms with E-state index in [2.05, 4.69) is 15.1 Å². The Bertz CT molecular complexity index is 2370. The number of H-pyrrole nitrogens is 1. The van der Waals surface area contributed by atoms with E-state index in [1.54, 1.807) is 0 Å². The molecule has 0 radical (unpaired) electrons. The second kappa shape index (κ2) is 8.77. The van der Waals surface area contributed by atoms with Crippen molar-refractivity contribution in [3.8, 4) is 45.6 Å². The van der Waals surface area contributed by atoms with E-state index in [1.807, 2.05) is 97.1 Å². The van der Waals surface area contributed by atoms with Crippen LogP contribution >= 0.6 is 0 Å². The molecule has 0 unspecified atom stereocenters. The van der Waals surface area contributed by atoms with Crippen LogP contribution in [0.5, 0.6) is 0 Å². The van der Waals surface area contributed by atoms with Gasteiger partial charge in [0.25, 0.3) is 0 Å². The summed E-state index contributed by atoms with van der Waals surface area (Å²) in [5.41, 5.74) is 15.0. The van der Waals surface area contributed by atoms with Gasteiger partial charge in [-0.1, -0.05) is 84.9 Å². The van der Waals surface area contributed by atoms with Crippen LogP contribution in [0, 0.1) is 0 Å². The van der Waals surface area contributed by atoms with Crippen molar-refractivity contribution in [1.82, 2.24) is 39.6 Å². The van der Waals surface area contributed by atoms with Crippen molar-refractivity contribution in [2.24, 2.45) is 5.22 Å². The fourth-order valence-electron chi connectivity index (χ4n) is 5.80. The van der Waals surface area contributed by atoms with E-state index < -0.39 is 0 Å². The first-order valence-electron chi connectivity index (χ1n) is 13.5. The molecule has 7 aromatic rings. The molecule has 8 bridgehead atoms. The van der Waals surface area contributed by atoms with E-state index in [1.165, 1.54) is 4.68 Å². The molecule has 11 heteroatoms. The lowest BCUT2D eigenvalue weighted by atomic mass is 10.1. The number of rotatable bonds is 1. The average Bonchev–Trinajstić information content (AvgIpc) is 3.76. The summed E-state index contributed by atoms with van der Waals surface area (Å²) < 4.78 is 1.40. The number of hydrogen-bond acceptors (Lipinski definition) is 7. The molecule has 43 heavy (non-hydrogen) atoms. The predicted molar refractivity (Wildman–Crippen MR) is 164 cm³/mol. The van der Waals surface area contributed by atoms with Gasteiger partial charge in [-0.15, -0.1) is 10.2 Å². The minimum absolute atomic E-state index is 0.405. The smallest absolute Gasteiger partial charge is 0.240 e. The molecule has 9 rings (SSSR count). The summed E-state index contributed by atoms with van der Waals surface area (Å²) in [4.78, 5) is 36.3. The van der Waals surface area contributed by atoms with Gasteiger partial charge >= 0.3 is 0 Å². The van der Waals surface area contributed by atoms with Crippen LogP contribution in [0.3, 0.4) is 0 Å². The molecule has 0 fully saturated rings. The fourth-order valence-corrected chi connectivity index (χ4v) is 5.80. The molecule has 0 atom stereocenters. The third kappa shape index (κ3) is 3.40. The van der Waals surface area contributed by atoms with E-state index in [4.69, 9.17) is 29.9 Å². The van der Waals surface area contributed by atoms with Crippen LogP contribution in [0.15, 0.2) is 102 Å². The number of benzene rings is 4. The molecular formula is C32H17N11. The van der Waals surface area contributed by atoms with Gasteiger partial charge in [0.15, 0.2) is 23.3 Å². The largest absolute Gasteiger partial charge is 0.324 e. The van der Waals surface area contributed by atoms with Crippen molar-refractivity contribution in [2.45, 2.75) is 0 Å². The van der Waals surface area contributed by atoms with Gasteiger partial charge in [-0.05, 0) is 17.4 Å². The lowest BCUT2D eigenvalue weighted by Gasteiger charge is -1.97. The Morgan fingerprint density at radius 3 is 1.28 bits per heavy atom. The number of aromatic nitrogens is 8. The van der Waals surface area contributed by atoms with E-state index in [0.717, 1.165) is 43.8 Å². The van der Waals surface area contributed by atoms with Crippen LogP contribution in [0.25, 0.3) is 100 Å². The van der Waals surface area contributed by atoms with Gasteiger partial charge in [-0.25, -0.2) is 19.9 Å². The van der Waals surface area contributed by atoms with E-state index in [9.17, 15) is 5.53 Å². The normalized spacial score (nSPS) is 11.7. The summed E-state index contributed by atoms with van der Waals surface area (Å²) in [6.07, 6.45) is 0. The van der Waals surface area contributed by atoms with Crippen LogP contribution < -0.4 is 0 Å². The van der Waals surface area contributed by atoms with Crippen LogP contribution in [0.2, 0.25) is 0 Å². The van der Waals surface area contributed by atoms with Crippen molar-refractivity contribution in [3.05, 3.63) is 108 Å². The number of nitrogens with zero attached hydrogens (tertiary/aromatic N) is 10. The maximum atomic E-state index is 9.62. The quantitative estimate of drug-likeness (QED) is 0.127. The third-order valence-electron chi connectivity index (χ3n) is 7.71. The highest BCUT2D eigenvalue weighted by atomic mass is 15.5. The highest BCUT2D eigenvalue weighted by Gasteiger charge is 2.24. The Balaban J connectivity index is 1.55. The first kappa shape index (κ1) is 23.3. The van der Waals surface area contributed by atoms with Crippen molar-refractivity contribution >= 4 is 44.1 Å². The zero-order chi connectivity index (χ0) is 28.5. The molecule has 11 nitrogen and oxygen atoms in total. The Labute approximate surface area is 241 Å². The zero-order valence-electron chi connectivity index (χ0n) is 22.2. The van der Waals surface area contributed by atoms with Crippen molar-refractivity contribution in [1.29, 1.82) is 0 Å². The number of hydrogen-bond donors (Lipinski definition) is 1. The number of aromatic amines is 1. The maximum absolute atomic E-state index is 9.62. The summed E-state index contributed by atoms with van der Waals surface area (Å²) in [5, 5.41) is 7.35. The SMILES string of the molecule is [N-]=[N+]=Nn1c2nc3nc(nc4[nH]c(nc5nc(nc1c1ccccc12)-c1ccccc1-5)c1ccccc41)-c1ccccc1-3. The summed E-state index contributed by atoms with van der Waals surface area (Å²) in [6, 6.07) is 31.2. The summed E-state index contributed by atoms with van der Waals surface area (Å²) in [5.74, 6) is 1.92. The molecule has 200 valence electrons. The van der Waals surface area contributed by atoms with Crippen LogP contribution in [0.1, 0.15) is 0 Å². The molecular weight excluding hydrogens is 538 g/mol. The van der Waals surface area contributed by atoms with E-state index in [-0.39, 0.29) is 0 Å². The van der Waals surface area contributed by atoms with Crippen LogP contribution in [-0.4, -0.2) is 39.6 Å². The summed E-state index contributed by atoms with van der Waals surface area (Å²) >= 11 is 0. The second-order valence-electron chi connectivity index (χ2n) is 10.1. The standard InChI is InChI=1S/C32H17N11/c33-41-42-43-31-23-15-7-8-16-24(23)32(43)40-30-22-14-6-4-12-20(22)28(38-30)36-26-18-10-2-1-9-17(18)25(34-26)35-27-19-11-3-5-13-21(19)29(37-27)39-31/h1-16H,(H,34,35,36,37,38,39,40). The highest BCUT2D eigenvalue weighted by Crippen LogP contribution is 2.37. The van der Waals surface area contributed by atoms with Gasteiger partial charge in [0.05, 0.1) is 10.8 Å². The molecule has 2 aliphatic rings. The molecule has 2 aliphatic heterocycles. The van der Waals surface area contributed by atoms with Crippen molar-refractivity contribution in [3.63, 3.8) is 0 Å². The Morgan fingerprint density at radius 2 is 0.860 bits per heavy atom. The van der Waals surface area contributed by atoms with Crippen LogP contribution in [-0.2, 0) is 0 Å². The molecule has 0 saturated carbocycles. The third-order valence-corrected chi connectivity index (χ3v) is 7.71. The lowest BCUT2D eigenvalue weighted by molar-refractivity contribution is 0.911. The second-order valence-corrected chi connectivity index (χ2v) is 10.1. The molecule has 0 aliphatic carbocycles. The molecule has 4 aromatic carbocycles. The molecule has 0 saturated heterocycles. The first-order chi connectivity index (χ1) is 21.3. The molecule has 0 amide bonds. The maximum Gasteiger partial charge on any atom is 0.240 e. The molecule has 3 aromatic heterocycles. The minimum Gasteiger partial charge on any atom is -0.324 e. The number of azide groups is 1. The lowest BCUT2D eigenvalue weighted by Crippen LogP contribution is -1.92. The molecule has 0 spiro atoms. The Hall–Kier alpha value is -6.45. The molecule has 1 N–H and O–H groups in total. The monoisotopic (exact) mass is 555 g/mol. The average molecular weight is 556 g/mol. The van der Waals surface area contributed by atoms with Gasteiger partial charge in [-0.2, -0.15) is 14.9 Å². The van der Waals surface area contributed by atoms with E-state index in [0.29, 0.717) is 45.9 Å². The van der Waals surface area contributed by atoms with Gasteiger partial charge in [0.1, 0.15) is 11.3 Å². The predicted octanol–water partition coefficient (Wildman–Crippen LogP) is 7.42. The summed E-state index contributed by atoms with van der Waals surface area (Å²) in [7, 11) is 0. The topological polar surface area (TPSA) is 147 Å². The van der Waals surface area contributed by atoms with Crippen molar-refractivity contribution in [2.75, 3.05) is 0 Å². The fraction of sp³-hybridized carbons (Fsp3) is 0. The minimum atomic E-state index is 0.405.